The smallest absolute Gasteiger partial charge is 0.175 e. The molecule has 3 nitrogen and oxygen atoms in total. The third kappa shape index (κ3) is 3.52. The molecule has 1 unspecified atom stereocenters. The van der Waals surface area contributed by atoms with Crippen molar-refractivity contribution in [3.05, 3.63) is 64.7 Å². The molecule has 2 aromatic carbocycles. The first-order chi connectivity index (χ1) is 9.82. The molecule has 0 saturated carbocycles. The molecule has 1 N–H and O–H groups in total. The van der Waals surface area contributed by atoms with E-state index in [2.05, 4.69) is 37.4 Å². The van der Waals surface area contributed by atoms with Gasteiger partial charge in [0.1, 0.15) is 0 Å². The molecule has 0 amide bonds. The van der Waals surface area contributed by atoms with Crippen LogP contribution < -0.4 is 5.32 Å². The van der Waals surface area contributed by atoms with E-state index in [-0.39, 0.29) is 6.04 Å². The molecule has 0 heterocycles. The normalized spacial score (nSPS) is 13.1. The van der Waals surface area contributed by atoms with Crippen LogP contribution in [0.25, 0.3) is 0 Å². The molecule has 0 saturated heterocycles. The summed E-state index contributed by atoms with van der Waals surface area (Å²) in [6, 6.07) is 13.4. The Bertz CT molecular complexity index is 751. The molecule has 2 aromatic rings. The number of aryl methyl sites for hydroxylation is 2. The molecular formula is C17H21NO2S. The van der Waals surface area contributed by atoms with Gasteiger partial charge in [-0.15, -0.1) is 0 Å². The summed E-state index contributed by atoms with van der Waals surface area (Å²) in [6.45, 7) is 4.16. The van der Waals surface area contributed by atoms with Crippen LogP contribution in [0.3, 0.4) is 0 Å². The summed E-state index contributed by atoms with van der Waals surface area (Å²) < 4.78 is 23.4. The standard InChI is InChI=1S/C17H21NO2S/c1-12-8-9-15(10-13(12)2)17(18-3)14-6-5-7-16(11-14)21(4,19)20/h5-11,17-18H,1-4H3. The summed E-state index contributed by atoms with van der Waals surface area (Å²) in [4.78, 5) is 0.351. The molecule has 0 aliphatic carbocycles. The average Bonchev–Trinajstić information content (AvgIpc) is 2.43. The second kappa shape index (κ2) is 6.00. The number of benzene rings is 2. The quantitative estimate of drug-likeness (QED) is 0.944. The van der Waals surface area contributed by atoms with E-state index in [1.807, 2.05) is 13.1 Å². The Balaban J connectivity index is 2.49. The maximum Gasteiger partial charge on any atom is 0.175 e. The van der Waals surface area contributed by atoms with Gasteiger partial charge in [-0.1, -0.05) is 30.3 Å². The molecular weight excluding hydrogens is 282 g/mol. The van der Waals surface area contributed by atoms with Crippen molar-refractivity contribution in [1.29, 1.82) is 0 Å². The molecule has 0 aromatic heterocycles. The molecule has 1 atom stereocenters. The summed E-state index contributed by atoms with van der Waals surface area (Å²) in [7, 11) is -1.31. The van der Waals surface area contributed by atoms with E-state index in [1.54, 1.807) is 18.2 Å². The van der Waals surface area contributed by atoms with Crippen molar-refractivity contribution in [2.24, 2.45) is 0 Å². The zero-order chi connectivity index (χ0) is 15.6. The highest BCUT2D eigenvalue weighted by Crippen LogP contribution is 2.25. The maximum atomic E-state index is 11.7. The lowest BCUT2D eigenvalue weighted by atomic mass is 9.96. The van der Waals surface area contributed by atoms with Crippen LogP contribution in [0.1, 0.15) is 28.3 Å². The van der Waals surface area contributed by atoms with Crippen LogP contribution in [0.4, 0.5) is 0 Å². The summed E-state index contributed by atoms with van der Waals surface area (Å²) in [5.74, 6) is 0. The van der Waals surface area contributed by atoms with Gasteiger partial charge in [0.2, 0.25) is 0 Å². The second-order valence-electron chi connectivity index (χ2n) is 5.41. The highest BCUT2D eigenvalue weighted by atomic mass is 32.2. The minimum absolute atomic E-state index is 0.0222. The monoisotopic (exact) mass is 303 g/mol. The largest absolute Gasteiger partial charge is 0.309 e. The Kier molecular flexibility index (Phi) is 4.49. The van der Waals surface area contributed by atoms with Gasteiger partial charge in [0, 0.05) is 6.26 Å². The van der Waals surface area contributed by atoms with Gasteiger partial charge in [0.15, 0.2) is 9.84 Å². The predicted octanol–water partition coefficient (Wildman–Crippen LogP) is 3.02. The van der Waals surface area contributed by atoms with Gasteiger partial charge in [-0.3, -0.25) is 0 Å². The molecule has 21 heavy (non-hydrogen) atoms. The average molecular weight is 303 g/mol. The molecule has 0 radical (unpaired) electrons. The van der Waals surface area contributed by atoms with Gasteiger partial charge >= 0.3 is 0 Å². The first-order valence-electron chi connectivity index (χ1n) is 6.87. The first kappa shape index (κ1) is 15.7. The Morgan fingerprint density at radius 2 is 1.62 bits per heavy atom. The minimum Gasteiger partial charge on any atom is -0.309 e. The fraction of sp³-hybridized carbons (Fsp3) is 0.294. The Hall–Kier alpha value is -1.65. The molecule has 112 valence electrons. The second-order valence-corrected chi connectivity index (χ2v) is 7.43. The SMILES string of the molecule is CNC(c1cccc(S(C)(=O)=O)c1)c1ccc(C)c(C)c1. The number of hydrogen-bond acceptors (Lipinski definition) is 3. The van der Waals surface area contributed by atoms with Crippen molar-refractivity contribution in [2.45, 2.75) is 24.8 Å². The van der Waals surface area contributed by atoms with Crippen molar-refractivity contribution in [1.82, 2.24) is 5.32 Å². The first-order valence-corrected chi connectivity index (χ1v) is 8.76. The van der Waals surface area contributed by atoms with Crippen molar-refractivity contribution < 1.29 is 8.42 Å². The Labute approximate surface area is 126 Å². The van der Waals surface area contributed by atoms with Crippen LogP contribution in [0.5, 0.6) is 0 Å². The fourth-order valence-corrected chi connectivity index (χ4v) is 3.07. The van der Waals surface area contributed by atoms with Crippen LogP contribution in [0, 0.1) is 13.8 Å². The van der Waals surface area contributed by atoms with E-state index >= 15 is 0 Å². The number of sulfone groups is 1. The lowest BCUT2D eigenvalue weighted by molar-refractivity contribution is 0.601. The summed E-state index contributed by atoms with van der Waals surface area (Å²) in [5, 5.41) is 3.27. The number of nitrogens with one attached hydrogen (secondary N) is 1. The van der Waals surface area contributed by atoms with Crippen molar-refractivity contribution >= 4 is 9.84 Å². The van der Waals surface area contributed by atoms with E-state index in [9.17, 15) is 8.42 Å². The topological polar surface area (TPSA) is 46.2 Å². The molecule has 0 fully saturated rings. The predicted molar refractivity (Wildman–Crippen MR) is 86.4 cm³/mol. The van der Waals surface area contributed by atoms with Gasteiger partial charge in [-0.25, -0.2) is 8.42 Å². The highest BCUT2D eigenvalue weighted by molar-refractivity contribution is 7.90. The molecule has 0 spiro atoms. The zero-order valence-corrected chi connectivity index (χ0v) is 13.7. The fourth-order valence-electron chi connectivity index (χ4n) is 2.39. The van der Waals surface area contributed by atoms with Crippen LogP contribution in [-0.2, 0) is 9.84 Å². The van der Waals surface area contributed by atoms with Gasteiger partial charge in [0.05, 0.1) is 10.9 Å². The summed E-state index contributed by atoms with van der Waals surface area (Å²) in [6.07, 6.45) is 1.23. The molecule has 4 heteroatoms. The lowest BCUT2D eigenvalue weighted by Crippen LogP contribution is -2.18. The Morgan fingerprint density at radius 1 is 0.952 bits per heavy atom. The van der Waals surface area contributed by atoms with Crippen LogP contribution >= 0.6 is 0 Å². The van der Waals surface area contributed by atoms with Crippen molar-refractivity contribution in [3.8, 4) is 0 Å². The molecule has 0 aliphatic heterocycles. The molecule has 0 aliphatic rings. The third-order valence-electron chi connectivity index (χ3n) is 3.77. The van der Waals surface area contributed by atoms with Crippen LogP contribution in [0.2, 0.25) is 0 Å². The van der Waals surface area contributed by atoms with Gasteiger partial charge < -0.3 is 5.32 Å². The van der Waals surface area contributed by atoms with E-state index in [4.69, 9.17) is 0 Å². The molecule has 0 bridgehead atoms. The summed E-state index contributed by atoms with van der Waals surface area (Å²) in [5.41, 5.74) is 4.56. The van der Waals surface area contributed by atoms with E-state index in [0.29, 0.717) is 4.90 Å². The summed E-state index contributed by atoms with van der Waals surface area (Å²) >= 11 is 0. The van der Waals surface area contributed by atoms with E-state index in [0.717, 1.165) is 11.1 Å². The van der Waals surface area contributed by atoms with E-state index < -0.39 is 9.84 Å². The van der Waals surface area contributed by atoms with Crippen molar-refractivity contribution in [2.75, 3.05) is 13.3 Å². The third-order valence-corrected chi connectivity index (χ3v) is 4.88. The van der Waals surface area contributed by atoms with Crippen LogP contribution in [0.15, 0.2) is 47.4 Å². The molecule has 2 rings (SSSR count). The van der Waals surface area contributed by atoms with Crippen LogP contribution in [-0.4, -0.2) is 21.7 Å². The lowest BCUT2D eigenvalue weighted by Gasteiger charge is -2.19. The van der Waals surface area contributed by atoms with Gasteiger partial charge in [-0.05, 0) is 55.3 Å². The number of rotatable bonds is 4. The van der Waals surface area contributed by atoms with E-state index in [1.165, 1.54) is 17.4 Å². The minimum atomic E-state index is -3.19. The Morgan fingerprint density at radius 3 is 2.19 bits per heavy atom. The highest BCUT2D eigenvalue weighted by Gasteiger charge is 2.15. The zero-order valence-electron chi connectivity index (χ0n) is 12.8. The van der Waals surface area contributed by atoms with Gasteiger partial charge in [0.25, 0.3) is 0 Å². The van der Waals surface area contributed by atoms with Crippen molar-refractivity contribution in [3.63, 3.8) is 0 Å². The van der Waals surface area contributed by atoms with Gasteiger partial charge in [-0.2, -0.15) is 0 Å². The maximum absolute atomic E-state index is 11.7. The number of hydrogen-bond donors (Lipinski definition) is 1.